The van der Waals surface area contributed by atoms with Crippen LogP contribution in [0.15, 0.2) is 0 Å². The lowest BCUT2D eigenvalue weighted by molar-refractivity contribution is -0.161. The molecule has 0 amide bonds. The second-order valence-corrected chi connectivity index (χ2v) is 33.6. The Balaban J connectivity index is 5.25. The minimum atomic E-state index is -4.96. The number of aliphatic hydroxyl groups excluding tert-OH is 1. The van der Waals surface area contributed by atoms with Gasteiger partial charge in [-0.3, -0.25) is 37.3 Å². The van der Waals surface area contributed by atoms with Crippen molar-refractivity contribution < 1.29 is 80.2 Å². The first-order valence-corrected chi connectivity index (χ1v) is 44.2. The van der Waals surface area contributed by atoms with Gasteiger partial charge >= 0.3 is 39.5 Å². The molecule has 0 aliphatic heterocycles. The summed E-state index contributed by atoms with van der Waals surface area (Å²) in [6.07, 6.45) is 55.5. The maximum atomic E-state index is 13.1. The molecule has 99 heavy (non-hydrogen) atoms. The SMILES string of the molecule is CC(C)CCCCCCCCCCCCCCCCCC(=O)O[C@H](COC(=O)CCCCCCCCCCCCCCCC(C)C)COP(=O)(O)OCC(O)COP(=O)(O)OC[C@@H](COC(=O)CCCCCCCCCC(C)C)OC(=O)CCCCCCCCCCCCCCC(C)C. The van der Waals surface area contributed by atoms with E-state index in [4.69, 9.17) is 37.0 Å². The Morgan fingerprint density at radius 1 is 0.253 bits per heavy atom. The van der Waals surface area contributed by atoms with Gasteiger partial charge in [-0.1, -0.05) is 357 Å². The Morgan fingerprint density at radius 2 is 0.424 bits per heavy atom. The van der Waals surface area contributed by atoms with Crippen LogP contribution in [0, 0.1) is 23.7 Å². The number of rotatable bonds is 77. The highest BCUT2D eigenvalue weighted by Crippen LogP contribution is 2.45. The van der Waals surface area contributed by atoms with Gasteiger partial charge in [0.05, 0.1) is 26.4 Å². The quantitative estimate of drug-likeness (QED) is 0.0222. The summed E-state index contributed by atoms with van der Waals surface area (Å²) in [6, 6.07) is 0. The number of ether oxygens (including phenoxy) is 4. The standard InChI is InChI=1S/C80H156O17P2/c1-70(2)56-48-40-32-25-19-13-10-9-11-15-23-29-37-46-54-62-79(84)96-75(66-90-77(82)60-52-44-36-28-22-16-12-14-20-26-33-41-49-57-71(3)4)68-94-98(86,87)92-64-74(81)65-93-99(88,89)95-69-76(67-91-78(83)61-53-45-39-31-35-43-51-59-73(7)8)97-80(85)63-55-47-38-30-24-18-17-21-27-34-42-50-58-72(5)6/h70-76,81H,9-69H2,1-8H3,(H,86,87)(H,88,89)/t74?,75-,76-/m1/s1. The average molecular weight is 1450 g/mol. The molecule has 0 aromatic rings. The fourth-order valence-electron chi connectivity index (χ4n) is 12.3. The van der Waals surface area contributed by atoms with Crippen LogP contribution in [0.5, 0.6) is 0 Å². The summed E-state index contributed by atoms with van der Waals surface area (Å²) in [6.45, 7) is 14.2. The summed E-state index contributed by atoms with van der Waals surface area (Å²) in [5.74, 6) is 0.960. The van der Waals surface area contributed by atoms with E-state index in [1.165, 1.54) is 205 Å². The van der Waals surface area contributed by atoms with Crippen molar-refractivity contribution in [2.45, 2.75) is 427 Å². The molecule has 0 bridgehead atoms. The number of carbonyl (C=O) groups excluding carboxylic acids is 4. The number of aliphatic hydroxyl groups is 1. The molecule has 19 heteroatoms. The molecule has 3 N–H and O–H groups in total. The highest BCUT2D eigenvalue weighted by atomic mass is 31.2. The zero-order chi connectivity index (χ0) is 73.1. The van der Waals surface area contributed by atoms with Gasteiger partial charge in [-0.25, -0.2) is 9.13 Å². The van der Waals surface area contributed by atoms with Crippen molar-refractivity contribution in [3.8, 4) is 0 Å². The van der Waals surface area contributed by atoms with Gasteiger partial charge in [0.25, 0.3) is 0 Å². The van der Waals surface area contributed by atoms with Gasteiger partial charge in [0.2, 0.25) is 0 Å². The van der Waals surface area contributed by atoms with Crippen molar-refractivity contribution in [2.24, 2.45) is 23.7 Å². The minimum Gasteiger partial charge on any atom is -0.462 e. The predicted molar refractivity (Wildman–Crippen MR) is 404 cm³/mol. The molecular weight excluding hydrogens is 1290 g/mol. The molecular formula is C80H156O17P2. The number of esters is 4. The number of carbonyl (C=O) groups is 4. The number of phosphoric acid groups is 2. The highest BCUT2D eigenvalue weighted by molar-refractivity contribution is 7.47. The summed E-state index contributed by atoms with van der Waals surface area (Å²) in [5, 5.41) is 10.6. The molecule has 0 saturated heterocycles. The van der Waals surface area contributed by atoms with E-state index in [2.05, 4.69) is 55.4 Å². The van der Waals surface area contributed by atoms with Crippen LogP contribution in [0.2, 0.25) is 0 Å². The van der Waals surface area contributed by atoms with Gasteiger partial charge in [0.1, 0.15) is 19.3 Å². The molecule has 0 rings (SSSR count). The smallest absolute Gasteiger partial charge is 0.462 e. The summed E-state index contributed by atoms with van der Waals surface area (Å²) in [4.78, 5) is 73.0. The van der Waals surface area contributed by atoms with Crippen molar-refractivity contribution >= 4 is 39.5 Å². The van der Waals surface area contributed by atoms with E-state index in [1.54, 1.807) is 0 Å². The van der Waals surface area contributed by atoms with E-state index in [9.17, 15) is 43.2 Å². The summed E-state index contributed by atoms with van der Waals surface area (Å²) in [5.41, 5.74) is 0. The fraction of sp³-hybridized carbons (Fsp3) is 0.950. The molecule has 0 saturated carbocycles. The van der Waals surface area contributed by atoms with Crippen LogP contribution in [0.3, 0.4) is 0 Å². The van der Waals surface area contributed by atoms with Gasteiger partial charge in [-0.15, -0.1) is 0 Å². The van der Waals surface area contributed by atoms with Gasteiger partial charge in [0.15, 0.2) is 12.2 Å². The van der Waals surface area contributed by atoms with E-state index in [0.29, 0.717) is 31.6 Å². The molecule has 0 aliphatic carbocycles. The zero-order valence-corrected chi connectivity index (χ0v) is 66.9. The number of hydrogen-bond acceptors (Lipinski definition) is 15. The van der Waals surface area contributed by atoms with Crippen LogP contribution in [-0.2, 0) is 65.4 Å². The molecule has 17 nitrogen and oxygen atoms in total. The van der Waals surface area contributed by atoms with Gasteiger partial charge in [-0.05, 0) is 49.4 Å². The van der Waals surface area contributed by atoms with Crippen molar-refractivity contribution in [3.05, 3.63) is 0 Å². The molecule has 0 aliphatic rings. The highest BCUT2D eigenvalue weighted by Gasteiger charge is 2.30. The van der Waals surface area contributed by atoms with Crippen molar-refractivity contribution in [3.63, 3.8) is 0 Å². The molecule has 3 unspecified atom stereocenters. The number of hydrogen-bond donors (Lipinski definition) is 3. The Bertz CT molecular complexity index is 1940. The lowest BCUT2D eigenvalue weighted by Crippen LogP contribution is -2.30. The normalized spacial score (nSPS) is 14.1. The Kier molecular flexibility index (Phi) is 67.8. The maximum absolute atomic E-state index is 13.1. The topological polar surface area (TPSA) is 237 Å². The predicted octanol–water partition coefficient (Wildman–Crippen LogP) is 23.6. The molecule has 0 aromatic carbocycles. The molecule has 0 radical (unpaired) electrons. The maximum Gasteiger partial charge on any atom is 0.472 e. The van der Waals surface area contributed by atoms with E-state index < -0.39 is 97.5 Å². The van der Waals surface area contributed by atoms with E-state index in [-0.39, 0.29) is 25.7 Å². The Labute approximate surface area is 607 Å². The summed E-state index contributed by atoms with van der Waals surface area (Å²) < 4.78 is 68.7. The van der Waals surface area contributed by atoms with Crippen LogP contribution in [0.1, 0.15) is 409 Å². The average Bonchev–Trinajstić information content (AvgIpc) is 1.60. The van der Waals surface area contributed by atoms with E-state index >= 15 is 0 Å². The molecule has 0 spiro atoms. The first-order valence-electron chi connectivity index (χ1n) is 41.2. The molecule has 0 fully saturated rings. The first kappa shape index (κ1) is 97.1. The van der Waals surface area contributed by atoms with Crippen LogP contribution >= 0.6 is 15.6 Å². The van der Waals surface area contributed by atoms with Gasteiger partial charge in [-0.2, -0.15) is 0 Å². The number of unbranched alkanes of at least 4 members (excludes halogenated alkanes) is 43. The van der Waals surface area contributed by atoms with Crippen LogP contribution < -0.4 is 0 Å². The summed E-state index contributed by atoms with van der Waals surface area (Å²) in [7, 11) is -9.92. The van der Waals surface area contributed by atoms with E-state index in [0.717, 1.165) is 114 Å². The third-order valence-electron chi connectivity index (χ3n) is 18.6. The Hall–Kier alpha value is -1.94. The summed E-state index contributed by atoms with van der Waals surface area (Å²) >= 11 is 0. The lowest BCUT2D eigenvalue weighted by Gasteiger charge is -2.21. The van der Waals surface area contributed by atoms with Crippen LogP contribution in [0.25, 0.3) is 0 Å². The Morgan fingerprint density at radius 3 is 0.626 bits per heavy atom. The largest absolute Gasteiger partial charge is 0.472 e. The molecule has 0 heterocycles. The third kappa shape index (κ3) is 74.1. The monoisotopic (exact) mass is 1450 g/mol. The van der Waals surface area contributed by atoms with Gasteiger partial charge < -0.3 is 33.8 Å². The van der Waals surface area contributed by atoms with Crippen molar-refractivity contribution in [2.75, 3.05) is 39.6 Å². The van der Waals surface area contributed by atoms with E-state index in [1.807, 2.05) is 0 Å². The lowest BCUT2D eigenvalue weighted by atomic mass is 10.0. The number of phosphoric ester groups is 2. The second-order valence-electron chi connectivity index (χ2n) is 30.7. The minimum absolute atomic E-state index is 0.106. The first-order chi connectivity index (χ1) is 47.6. The third-order valence-corrected chi connectivity index (χ3v) is 20.5. The van der Waals surface area contributed by atoms with Gasteiger partial charge in [0, 0.05) is 25.7 Å². The van der Waals surface area contributed by atoms with Crippen LogP contribution in [0.4, 0.5) is 0 Å². The molecule has 0 aromatic heterocycles. The van der Waals surface area contributed by atoms with Crippen LogP contribution in [-0.4, -0.2) is 96.7 Å². The molecule has 5 atom stereocenters. The van der Waals surface area contributed by atoms with Crippen molar-refractivity contribution in [1.29, 1.82) is 0 Å². The second kappa shape index (κ2) is 69.1. The molecule has 588 valence electrons. The zero-order valence-electron chi connectivity index (χ0n) is 65.1. The van der Waals surface area contributed by atoms with Crippen molar-refractivity contribution in [1.82, 2.24) is 0 Å². The fourth-order valence-corrected chi connectivity index (χ4v) is 13.8.